The lowest BCUT2D eigenvalue weighted by molar-refractivity contribution is -0.196. The Balaban J connectivity index is 0.000000308. The number of aliphatic imine (C=N–C) groups is 1. The zero-order valence-electron chi connectivity index (χ0n) is 67.1. The first-order chi connectivity index (χ1) is 58.3. The van der Waals surface area contributed by atoms with Crippen molar-refractivity contribution in [2.75, 3.05) is 48.6 Å². The van der Waals surface area contributed by atoms with Crippen molar-refractivity contribution in [3.63, 3.8) is 0 Å². The summed E-state index contributed by atoms with van der Waals surface area (Å²) in [5.74, 6) is -5.26. The van der Waals surface area contributed by atoms with E-state index in [4.69, 9.17) is 45.1 Å². The third-order valence-electron chi connectivity index (χ3n) is 16.3. The third-order valence-corrected chi connectivity index (χ3v) is 16.3. The third kappa shape index (κ3) is 31.7. The van der Waals surface area contributed by atoms with E-state index < -0.39 is 83.9 Å². The van der Waals surface area contributed by atoms with Gasteiger partial charge in [-0.15, -0.1) is 11.6 Å². The average Bonchev–Trinajstić information content (AvgIpc) is 1.67. The van der Waals surface area contributed by atoms with E-state index in [0.29, 0.717) is 81.7 Å². The molecule has 33 nitrogen and oxygen atoms in total. The molecule has 10 rings (SSSR count). The number of nitrogens with two attached hydrogens (primary N) is 1. The smallest absolute Gasteiger partial charge is 0.407 e. The zero-order valence-corrected chi connectivity index (χ0v) is 67.9. The lowest BCUT2D eigenvalue weighted by atomic mass is 10.0. The number of imide groups is 1. The normalized spacial score (nSPS) is 10.9. The quantitative estimate of drug-likeness (QED) is 0.00823. The van der Waals surface area contributed by atoms with Crippen LogP contribution in [0.5, 0.6) is 0 Å². The van der Waals surface area contributed by atoms with Crippen LogP contribution in [0.3, 0.4) is 0 Å². The van der Waals surface area contributed by atoms with Crippen LogP contribution in [0.15, 0.2) is 215 Å². The van der Waals surface area contributed by atoms with Crippen molar-refractivity contribution in [1.82, 2.24) is 25.7 Å². The minimum atomic E-state index is -1.37. The molecule has 2 unspecified atom stereocenters. The molecular weight excluding hydrogens is 1600 g/mol. The van der Waals surface area contributed by atoms with Gasteiger partial charge >= 0.3 is 41.9 Å². The molecule has 7 aromatic carbocycles. The average molecular weight is 1680 g/mol. The molecule has 4 N–H and O–H groups in total. The summed E-state index contributed by atoms with van der Waals surface area (Å²) in [6.45, 7) is 6.65. The molecule has 0 radical (unpaired) electrons. The number of hydroxylamine groups is 2. The SMILES string of the molecule is C=CCCC(=O)CCc1nc(C(=O)OC)c(-c2ccc(C#N)cc2)o1.CCC(=O)NC(C(=O)OC)C(=O)c1ccc(C#N)cc1.CCc1nc(C(=O)OC)c(-c2ccc(C#N)cc2)o1.COC(=O)C(N)C(=O)c1ccc(C#N)cc1.COC(=O)CN=C(c1ccccc1)c1ccccc1.O=C(CNC(=O)OCc1ccccc1)ON1C(=O)CCC1=O.[Cl-]. The number of allylic oxidation sites excluding steroid dienone is 1. The van der Waals surface area contributed by atoms with Gasteiger partial charge in [0.05, 0.1) is 87.8 Å². The van der Waals surface area contributed by atoms with Crippen LogP contribution >= 0.6 is 0 Å². The fraction of sp³-hybridized carbons (Fsp3) is 0.227. The second kappa shape index (κ2) is 52.8. The fourth-order valence-electron chi connectivity index (χ4n) is 9.95. The molecule has 1 aliphatic heterocycles. The number of halogens is 1. The van der Waals surface area contributed by atoms with E-state index >= 15 is 0 Å². The number of esters is 5. The molecule has 0 spiro atoms. The number of alkyl carbamates (subject to hydrolysis) is 1. The van der Waals surface area contributed by atoms with Crippen molar-refractivity contribution in [3.8, 4) is 46.9 Å². The van der Waals surface area contributed by atoms with E-state index in [0.717, 1.165) is 36.6 Å². The van der Waals surface area contributed by atoms with E-state index in [1.165, 1.54) is 69.9 Å². The van der Waals surface area contributed by atoms with E-state index in [9.17, 15) is 62.3 Å². The highest BCUT2D eigenvalue weighted by molar-refractivity contribution is 6.15. The molecule has 9 aromatic rings. The number of ether oxygens (including phenoxy) is 6. The topological polar surface area (TPSA) is 499 Å². The summed E-state index contributed by atoms with van der Waals surface area (Å²) in [6.07, 6.45) is 3.29. The number of amides is 4. The van der Waals surface area contributed by atoms with Gasteiger partial charge in [-0.25, -0.2) is 38.7 Å². The lowest BCUT2D eigenvalue weighted by Crippen LogP contribution is -3.00. The maximum Gasteiger partial charge on any atom is 0.407 e. The monoisotopic (exact) mass is 1680 g/mol. The number of nitrogens with zero attached hydrogens (tertiary/aromatic N) is 8. The van der Waals surface area contributed by atoms with Crippen molar-refractivity contribution in [3.05, 3.63) is 274 Å². The molecule has 2 atom stereocenters. The van der Waals surface area contributed by atoms with Crippen LogP contribution in [-0.4, -0.2) is 158 Å². The molecule has 630 valence electrons. The number of methoxy groups -OCH3 is 5. The predicted octanol–water partition coefficient (Wildman–Crippen LogP) is 7.30. The number of oxazole rings is 2. The van der Waals surface area contributed by atoms with Crippen LogP contribution < -0.4 is 28.8 Å². The number of nitriles is 4. The standard InChI is InChI=1S/C19H18N2O4.C16H15NO2.C14H14N2O6.C14H14N2O4.C14H12N2O3.C11H10N2O3.ClH/c1-3-4-5-15(22)10-11-16-21-17(19(23)24-2)18(25-16)14-8-6-13(12-20)7-9-14;1-19-15(18)12-17-16(13-8-4-2-5-9-13)14-10-6-3-7-11-14;17-11-6-7-12(18)16(11)22-13(19)8-15-14(20)21-9-10-4-2-1-3-5-10;1-3-11(17)16-12(14(19)20-2)13(18)10-6-4-9(8-15)5-7-10;1-3-11-16-12(14(17)18-2)13(19-11)10-6-4-9(8-15)5-7-10;1-16-11(15)9(13)10(14)8-4-2-7(6-12)3-5-8;/h3,6-9H,1,4-5,10-11H2,2H3;2-11H,12H2,1H3;1-5H,6-9H2,(H,15,20);4-7,12H,3H2,1-2H3,(H,16,17);4-7H,3H2,1-2H3;2-5,9H,13H2,1H3;1H/p-1. The van der Waals surface area contributed by atoms with Gasteiger partial charge in [-0.3, -0.25) is 38.6 Å². The van der Waals surface area contributed by atoms with Crippen LogP contribution in [0.1, 0.15) is 145 Å². The van der Waals surface area contributed by atoms with Gasteiger partial charge in [-0.1, -0.05) is 123 Å². The molecule has 3 heterocycles. The molecule has 1 aliphatic rings. The van der Waals surface area contributed by atoms with Gasteiger partial charge < -0.3 is 70.9 Å². The maximum absolute atomic E-state index is 12.2. The van der Waals surface area contributed by atoms with Gasteiger partial charge in [-0.05, 0) is 96.9 Å². The Labute approximate surface area is 707 Å². The Morgan fingerprint density at radius 2 is 0.984 bits per heavy atom. The molecule has 34 heteroatoms. The number of benzene rings is 7. The van der Waals surface area contributed by atoms with Crippen LogP contribution in [0.25, 0.3) is 22.6 Å². The fourth-order valence-corrected chi connectivity index (χ4v) is 9.95. The highest BCUT2D eigenvalue weighted by Crippen LogP contribution is 2.29. The second-order valence-corrected chi connectivity index (χ2v) is 24.6. The number of hydrogen-bond acceptors (Lipinski definition) is 30. The first kappa shape index (κ1) is 98.7. The number of rotatable bonds is 28. The van der Waals surface area contributed by atoms with E-state index in [1.807, 2.05) is 97.9 Å². The number of aryl methyl sites for hydroxylation is 2. The number of hydrogen-bond donors (Lipinski definition) is 3. The molecule has 122 heavy (non-hydrogen) atoms. The summed E-state index contributed by atoms with van der Waals surface area (Å²) in [5.41, 5.74) is 12.8. The molecule has 1 saturated heterocycles. The van der Waals surface area contributed by atoms with Gasteiger partial charge in [0.1, 0.15) is 25.5 Å². The Morgan fingerprint density at radius 1 is 0.549 bits per heavy atom. The first-order valence-corrected chi connectivity index (χ1v) is 36.6. The molecule has 0 saturated carbocycles. The maximum atomic E-state index is 12.2. The molecule has 1 fully saturated rings. The highest BCUT2D eigenvalue weighted by atomic mass is 35.5. The van der Waals surface area contributed by atoms with E-state index in [-0.39, 0.29) is 91.3 Å². The van der Waals surface area contributed by atoms with Gasteiger partial charge in [-0.2, -0.15) is 21.0 Å². The molecular formula is C88H83ClN11O22-. The molecule has 4 amide bonds. The number of nitrogens with one attached hydrogen (secondary N) is 2. The highest BCUT2D eigenvalue weighted by Gasteiger charge is 2.34. The lowest BCUT2D eigenvalue weighted by Gasteiger charge is -2.15. The van der Waals surface area contributed by atoms with E-state index in [1.54, 1.807) is 85.8 Å². The molecule has 0 aliphatic carbocycles. The van der Waals surface area contributed by atoms with Crippen molar-refractivity contribution in [2.45, 2.75) is 83.9 Å². The Morgan fingerprint density at radius 3 is 1.40 bits per heavy atom. The molecule has 0 bridgehead atoms. The van der Waals surface area contributed by atoms with Crippen molar-refractivity contribution >= 4 is 82.7 Å². The molecule has 2 aromatic heterocycles. The largest absolute Gasteiger partial charge is 1.00 e. The summed E-state index contributed by atoms with van der Waals surface area (Å²) in [6, 6.07) is 58.8. The van der Waals surface area contributed by atoms with Gasteiger partial charge in [0, 0.05) is 78.3 Å². The summed E-state index contributed by atoms with van der Waals surface area (Å²) < 4.78 is 39.1. The summed E-state index contributed by atoms with van der Waals surface area (Å²) in [5, 5.41) is 39.8. The predicted molar refractivity (Wildman–Crippen MR) is 431 cm³/mol. The minimum absolute atomic E-state index is 0. The minimum Gasteiger partial charge on any atom is -1.00 e. The van der Waals surface area contributed by atoms with Crippen LogP contribution in [0.2, 0.25) is 0 Å². The Hall–Kier alpha value is -15.7. The van der Waals surface area contributed by atoms with Crippen LogP contribution in [-0.2, 0) is 91.1 Å². The zero-order chi connectivity index (χ0) is 88.8. The van der Waals surface area contributed by atoms with Crippen molar-refractivity contribution in [1.29, 1.82) is 21.0 Å². The number of aromatic nitrogens is 2. The number of carbonyl (C=O) groups excluding carboxylic acids is 13. The van der Waals surface area contributed by atoms with Gasteiger partial charge in [0.25, 0.3) is 11.8 Å². The first-order valence-electron chi connectivity index (χ1n) is 36.6. The number of Topliss-reactive ketones (excluding diaryl/α,β-unsaturated/α-hetero) is 3. The Kier molecular flexibility index (Phi) is 42.7. The Bertz CT molecular complexity index is 5250. The van der Waals surface area contributed by atoms with Gasteiger partial charge in [0.2, 0.25) is 5.91 Å². The summed E-state index contributed by atoms with van der Waals surface area (Å²) in [7, 11) is 6.22. The van der Waals surface area contributed by atoms with Crippen LogP contribution in [0.4, 0.5) is 4.79 Å². The van der Waals surface area contributed by atoms with Crippen molar-refractivity contribution < 1.29 is 117 Å². The number of carbonyl (C=O) groups is 13. The number of ketones is 3. The summed E-state index contributed by atoms with van der Waals surface area (Å²) in [4.78, 5) is 167. The van der Waals surface area contributed by atoms with Gasteiger partial charge in [0.15, 0.2) is 58.3 Å². The van der Waals surface area contributed by atoms with Crippen molar-refractivity contribution in [2.24, 2.45) is 10.7 Å². The summed E-state index contributed by atoms with van der Waals surface area (Å²) >= 11 is 0. The van der Waals surface area contributed by atoms with Crippen LogP contribution in [0, 0.1) is 45.3 Å². The van der Waals surface area contributed by atoms with E-state index in [2.05, 4.69) is 56.0 Å². The second-order valence-electron chi connectivity index (χ2n) is 24.6.